The van der Waals surface area contributed by atoms with E-state index in [1.54, 1.807) is 6.92 Å². The molecule has 0 saturated heterocycles. The molecular formula is C10H16O2. The minimum absolute atomic E-state index is 0.293. The van der Waals surface area contributed by atoms with Crippen molar-refractivity contribution in [1.82, 2.24) is 0 Å². The molecule has 0 aliphatic rings. The monoisotopic (exact) mass is 168 g/mol. The van der Waals surface area contributed by atoms with Gasteiger partial charge in [0.05, 0.1) is 6.61 Å². The summed E-state index contributed by atoms with van der Waals surface area (Å²) in [7, 11) is 0. The maximum Gasteiger partial charge on any atom is 0.333 e. The van der Waals surface area contributed by atoms with Crippen molar-refractivity contribution in [2.24, 2.45) is 0 Å². The smallest absolute Gasteiger partial charge is 0.333 e. The Balaban J connectivity index is 3.72. The van der Waals surface area contributed by atoms with E-state index in [-0.39, 0.29) is 5.97 Å². The molecule has 0 N–H and O–H groups in total. The van der Waals surface area contributed by atoms with Crippen LogP contribution in [-0.2, 0) is 9.53 Å². The van der Waals surface area contributed by atoms with E-state index in [0.717, 1.165) is 12.0 Å². The largest absolute Gasteiger partial charge is 0.463 e. The van der Waals surface area contributed by atoms with Crippen molar-refractivity contribution in [2.75, 3.05) is 6.61 Å². The normalized spacial score (nSPS) is 9.17. The Morgan fingerprint density at radius 3 is 2.33 bits per heavy atom. The van der Waals surface area contributed by atoms with E-state index in [2.05, 4.69) is 13.2 Å². The second-order valence-corrected chi connectivity index (χ2v) is 2.78. The first-order valence-electron chi connectivity index (χ1n) is 4.07. The topological polar surface area (TPSA) is 26.3 Å². The van der Waals surface area contributed by atoms with Crippen LogP contribution in [0, 0.1) is 0 Å². The molecule has 0 aliphatic heterocycles. The maximum absolute atomic E-state index is 11.0. The summed E-state index contributed by atoms with van der Waals surface area (Å²) >= 11 is 0. The predicted molar refractivity (Wildman–Crippen MR) is 49.8 cm³/mol. The first kappa shape index (κ1) is 11.0. The molecule has 0 aromatic rings. The van der Waals surface area contributed by atoms with Gasteiger partial charge in [0.15, 0.2) is 0 Å². The Bertz CT molecular complexity index is 192. The van der Waals surface area contributed by atoms with Crippen molar-refractivity contribution >= 4 is 5.97 Å². The summed E-state index contributed by atoms with van der Waals surface area (Å²) in [6.07, 6.45) is 1.45. The van der Waals surface area contributed by atoms with E-state index >= 15 is 0 Å². The van der Waals surface area contributed by atoms with Crippen molar-refractivity contribution < 1.29 is 9.53 Å². The van der Waals surface area contributed by atoms with Crippen molar-refractivity contribution in [3.8, 4) is 0 Å². The highest BCUT2D eigenvalue weighted by atomic mass is 16.5. The van der Waals surface area contributed by atoms with Gasteiger partial charge in [0, 0.05) is 5.57 Å². The van der Waals surface area contributed by atoms with E-state index in [1.165, 1.54) is 0 Å². The number of esters is 1. The molecule has 0 saturated carbocycles. The standard InChI is InChI=1S/C10H16O2/c1-5-12-10(11)9(4)7-6-8(2)3/h2,4-7H2,1,3H3. The molecule has 0 spiro atoms. The maximum atomic E-state index is 11.0. The summed E-state index contributed by atoms with van der Waals surface area (Å²) in [4.78, 5) is 11.0. The summed E-state index contributed by atoms with van der Waals surface area (Å²) in [5.74, 6) is -0.293. The number of rotatable bonds is 5. The van der Waals surface area contributed by atoms with Crippen molar-refractivity contribution in [1.29, 1.82) is 0 Å². The molecule has 0 aromatic heterocycles. The molecule has 0 bridgehead atoms. The molecule has 0 unspecified atom stereocenters. The second-order valence-electron chi connectivity index (χ2n) is 2.78. The van der Waals surface area contributed by atoms with Crippen LogP contribution in [-0.4, -0.2) is 12.6 Å². The lowest BCUT2D eigenvalue weighted by molar-refractivity contribution is -0.138. The van der Waals surface area contributed by atoms with Crippen LogP contribution in [0.1, 0.15) is 26.7 Å². The molecule has 0 atom stereocenters. The fourth-order valence-corrected chi connectivity index (χ4v) is 0.699. The van der Waals surface area contributed by atoms with Crippen LogP contribution >= 0.6 is 0 Å². The van der Waals surface area contributed by atoms with E-state index in [1.807, 2.05) is 6.92 Å². The molecule has 12 heavy (non-hydrogen) atoms. The van der Waals surface area contributed by atoms with Gasteiger partial charge in [0.1, 0.15) is 0 Å². The van der Waals surface area contributed by atoms with Gasteiger partial charge in [-0.25, -0.2) is 4.79 Å². The van der Waals surface area contributed by atoms with Crippen molar-refractivity contribution in [3.05, 3.63) is 24.3 Å². The predicted octanol–water partition coefficient (Wildman–Crippen LogP) is 2.46. The number of ether oxygens (including phenoxy) is 1. The quantitative estimate of drug-likeness (QED) is 0.358. The van der Waals surface area contributed by atoms with Crippen molar-refractivity contribution in [3.63, 3.8) is 0 Å². The van der Waals surface area contributed by atoms with Crippen LogP contribution in [0.2, 0.25) is 0 Å². The van der Waals surface area contributed by atoms with Gasteiger partial charge in [-0.2, -0.15) is 0 Å². The van der Waals surface area contributed by atoms with Gasteiger partial charge in [0.25, 0.3) is 0 Å². The van der Waals surface area contributed by atoms with E-state index in [4.69, 9.17) is 4.74 Å². The van der Waals surface area contributed by atoms with Crippen molar-refractivity contribution in [2.45, 2.75) is 26.7 Å². The third-order valence-electron chi connectivity index (χ3n) is 1.42. The van der Waals surface area contributed by atoms with E-state index in [9.17, 15) is 4.79 Å². The summed E-state index contributed by atoms with van der Waals surface area (Å²) in [5, 5.41) is 0. The Labute approximate surface area is 73.9 Å². The van der Waals surface area contributed by atoms with E-state index in [0.29, 0.717) is 18.6 Å². The number of carbonyl (C=O) groups excluding carboxylic acids is 1. The molecule has 68 valence electrons. The molecule has 0 radical (unpaired) electrons. The zero-order chi connectivity index (χ0) is 9.56. The van der Waals surface area contributed by atoms with Gasteiger partial charge in [-0.3, -0.25) is 0 Å². The molecule has 0 amide bonds. The molecule has 0 rings (SSSR count). The third-order valence-corrected chi connectivity index (χ3v) is 1.42. The van der Waals surface area contributed by atoms with Crippen LogP contribution in [0.4, 0.5) is 0 Å². The third kappa shape index (κ3) is 4.72. The number of hydrogen-bond donors (Lipinski definition) is 0. The van der Waals surface area contributed by atoms with Crippen LogP contribution in [0.15, 0.2) is 24.3 Å². The number of hydrogen-bond acceptors (Lipinski definition) is 2. The fraction of sp³-hybridized carbons (Fsp3) is 0.500. The summed E-state index contributed by atoms with van der Waals surface area (Å²) in [6.45, 7) is 11.5. The second kappa shape index (κ2) is 5.58. The summed E-state index contributed by atoms with van der Waals surface area (Å²) in [5.41, 5.74) is 1.58. The first-order chi connectivity index (χ1) is 5.57. The summed E-state index contributed by atoms with van der Waals surface area (Å²) < 4.78 is 4.77. The fourth-order valence-electron chi connectivity index (χ4n) is 0.699. The zero-order valence-electron chi connectivity index (χ0n) is 7.85. The Morgan fingerprint density at radius 2 is 1.92 bits per heavy atom. The zero-order valence-corrected chi connectivity index (χ0v) is 7.85. The van der Waals surface area contributed by atoms with Crippen LogP contribution in [0.5, 0.6) is 0 Å². The van der Waals surface area contributed by atoms with Gasteiger partial charge in [0.2, 0.25) is 0 Å². The van der Waals surface area contributed by atoms with Gasteiger partial charge >= 0.3 is 5.97 Å². The SMILES string of the molecule is C=C(C)CCC(=C)C(=O)OCC. The first-order valence-corrected chi connectivity index (χ1v) is 4.07. The molecule has 2 nitrogen and oxygen atoms in total. The van der Waals surface area contributed by atoms with Crippen LogP contribution in [0.25, 0.3) is 0 Å². The van der Waals surface area contributed by atoms with Gasteiger partial charge in [-0.1, -0.05) is 12.2 Å². The van der Waals surface area contributed by atoms with Crippen LogP contribution < -0.4 is 0 Å². The van der Waals surface area contributed by atoms with Gasteiger partial charge in [-0.15, -0.1) is 6.58 Å². The van der Waals surface area contributed by atoms with Gasteiger partial charge in [-0.05, 0) is 26.7 Å². The highest BCUT2D eigenvalue weighted by molar-refractivity contribution is 5.87. The number of allylic oxidation sites excluding steroid dienone is 1. The average molecular weight is 168 g/mol. The number of carbonyl (C=O) groups is 1. The molecule has 2 heteroatoms. The lowest BCUT2D eigenvalue weighted by Crippen LogP contribution is -2.06. The molecule has 0 fully saturated rings. The Kier molecular flexibility index (Phi) is 5.09. The minimum Gasteiger partial charge on any atom is -0.463 e. The Hall–Kier alpha value is -1.05. The summed E-state index contributed by atoms with van der Waals surface area (Å²) in [6, 6.07) is 0. The highest BCUT2D eigenvalue weighted by Crippen LogP contribution is 2.09. The average Bonchev–Trinajstić information content (AvgIpc) is 2.00. The molecule has 0 heterocycles. The lowest BCUT2D eigenvalue weighted by Gasteiger charge is -2.04. The molecular weight excluding hydrogens is 152 g/mol. The lowest BCUT2D eigenvalue weighted by atomic mass is 10.1. The Morgan fingerprint density at radius 1 is 1.33 bits per heavy atom. The van der Waals surface area contributed by atoms with E-state index < -0.39 is 0 Å². The van der Waals surface area contributed by atoms with Gasteiger partial charge < -0.3 is 4.74 Å². The minimum atomic E-state index is -0.293. The molecule has 0 aliphatic carbocycles. The van der Waals surface area contributed by atoms with Crippen LogP contribution in [0.3, 0.4) is 0 Å². The highest BCUT2D eigenvalue weighted by Gasteiger charge is 2.06. The molecule has 0 aromatic carbocycles.